The Morgan fingerprint density at radius 2 is 2.44 bits per heavy atom. The van der Waals surface area contributed by atoms with Crippen molar-refractivity contribution in [2.24, 2.45) is 0 Å². The van der Waals surface area contributed by atoms with Crippen LogP contribution in [0.3, 0.4) is 0 Å². The molecule has 1 aromatic heterocycles. The molecule has 1 aliphatic carbocycles. The Morgan fingerprint density at radius 3 is 3.00 bits per heavy atom. The van der Waals surface area contributed by atoms with E-state index in [4.69, 9.17) is 9.84 Å². The molecule has 5 nitrogen and oxygen atoms in total. The lowest BCUT2D eigenvalue weighted by molar-refractivity contribution is 0.276. The number of allylic oxidation sites excluding steroid dienone is 4. The lowest BCUT2D eigenvalue weighted by Crippen LogP contribution is -1.94. The summed E-state index contributed by atoms with van der Waals surface area (Å²) in [5.74, 6) is 0.867. The molecule has 0 spiro atoms. The van der Waals surface area contributed by atoms with Gasteiger partial charge in [-0.05, 0) is 24.1 Å². The van der Waals surface area contributed by atoms with Crippen molar-refractivity contribution < 1.29 is 9.84 Å². The van der Waals surface area contributed by atoms with Gasteiger partial charge in [0.15, 0.2) is 0 Å². The minimum atomic E-state index is -0.0905. The predicted molar refractivity (Wildman–Crippen MR) is 59.1 cm³/mol. The van der Waals surface area contributed by atoms with E-state index in [1.54, 1.807) is 18.0 Å². The smallest absolute Gasteiger partial charge is 0.115 e. The van der Waals surface area contributed by atoms with Crippen molar-refractivity contribution in [2.45, 2.75) is 13.0 Å². The van der Waals surface area contributed by atoms with Crippen molar-refractivity contribution in [3.05, 3.63) is 41.5 Å². The molecule has 0 atom stereocenters. The topological polar surface area (TPSA) is 60.2 Å². The third kappa shape index (κ3) is 2.38. The average molecular weight is 219 g/mol. The van der Waals surface area contributed by atoms with Gasteiger partial charge >= 0.3 is 0 Å². The molecule has 0 bridgehead atoms. The largest absolute Gasteiger partial charge is 0.497 e. The van der Waals surface area contributed by atoms with Crippen LogP contribution < -0.4 is 0 Å². The van der Waals surface area contributed by atoms with E-state index in [1.165, 1.54) is 0 Å². The second-order valence-corrected chi connectivity index (χ2v) is 3.40. The molecule has 0 fully saturated rings. The quantitative estimate of drug-likeness (QED) is 0.827. The molecule has 1 N–H and O–H groups in total. The number of aromatic nitrogens is 3. The fraction of sp³-hybridized carbons (Fsp3) is 0.273. The fourth-order valence-corrected chi connectivity index (χ4v) is 1.41. The first kappa shape index (κ1) is 10.6. The van der Waals surface area contributed by atoms with Crippen LogP contribution in [0.15, 0.2) is 35.8 Å². The standard InChI is InChI=1S/C11H13N3O2/c1-16-11-4-2-9(3-5-11)6-14-7-10(8-15)12-13-14/h2,4-7,15H,3,8H2,1H3/b9-6+. The van der Waals surface area contributed by atoms with Crippen LogP contribution in [0, 0.1) is 0 Å². The summed E-state index contributed by atoms with van der Waals surface area (Å²) in [6.07, 6.45) is 10.2. The molecule has 0 amide bonds. The maximum Gasteiger partial charge on any atom is 0.115 e. The van der Waals surface area contributed by atoms with Crippen molar-refractivity contribution in [3.8, 4) is 0 Å². The van der Waals surface area contributed by atoms with E-state index < -0.39 is 0 Å². The third-order valence-electron chi connectivity index (χ3n) is 2.25. The molecule has 0 aromatic carbocycles. The van der Waals surface area contributed by atoms with Gasteiger partial charge in [0.25, 0.3) is 0 Å². The van der Waals surface area contributed by atoms with Gasteiger partial charge < -0.3 is 9.84 Å². The van der Waals surface area contributed by atoms with Crippen molar-refractivity contribution in [2.75, 3.05) is 7.11 Å². The first-order chi connectivity index (χ1) is 7.81. The molecule has 0 unspecified atom stereocenters. The molecule has 1 aromatic rings. The summed E-state index contributed by atoms with van der Waals surface area (Å²) in [4.78, 5) is 0. The van der Waals surface area contributed by atoms with Gasteiger partial charge in [-0.1, -0.05) is 11.3 Å². The zero-order chi connectivity index (χ0) is 11.4. The molecule has 1 heterocycles. The highest BCUT2D eigenvalue weighted by atomic mass is 16.5. The molecule has 1 aliphatic rings. The maximum absolute atomic E-state index is 8.85. The highest BCUT2D eigenvalue weighted by Gasteiger charge is 2.02. The highest BCUT2D eigenvalue weighted by Crippen LogP contribution is 2.16. The number of ether oxygens (including phenoxy) is 1. The molecule has 2 rings (SSSR count). The summed E-state index contributed by atoms with van der Waals surface area (Å²) in [6, 6.07) is 0. The van der Waals surface area contributed by atoms with Crippen molar-refractivity contribution in [1.82, 2.24) is 15.0 Å². The van der Waals surface area contributed by atoms with E-state index in [-0.39, 0.29) is 6.61 Å². The van der Waals surface area contributed by atoms with Crippen LogP contribution in [0.25, 0.3) is 6.20 Å². The highest BCUT2D eigenvalue weighted by molar-refractivity contribution is 5.43. The molecule has 0 aliphatic heterocycles. The fourth-order valence-electron chi connectivity index (χ4n) is 1.41. The Morgan fingerprint density at radius 1 is 1.56 bits per heavy atom. The first-order valence-corrected chi connectivity index (χ1v) is 4.96. The molecule has 0 radical (unpaired) electrons. The Labute approximate surface area is 93.3 Å². The van der Waals surface area contributed by atoms with Crippen LogP contribution in [0.1, 0.15) is 12.1 Å². The summed E-state index contributed by atoms with van der Waals surface area (Å²) in [7, 11) is 1.65. The maximum atomic E-state index is 8.85. The second-order valence-electron chi connectivity index (χ2n) is 3.40. The monoisotopic (exact) mass is 219 g/mol. The number of methoxy groups -OCH3 is 1. The summed E-state index contributed by atoms with van der Waals surface area (Å²) >= 11 is 0. The molecule has 0 saturated carbocycles. The van der Waals surface area contributed by atoms with Gasteiger partial charge in [0, 0.05) is 6.20 Å². The zero-order valence-electron chi connectivity index (χ0n) is 9.00. The van der Waals surface area contributed by atoms with Crippen LogP contribution in [0.4, 0.5) is 0 Å². The van der Waals surface area contributed by atoms with Gasteiger partial charge in [-0.15, -0.1) is 5.10 Å². The lowest BCUT2D eigenvalue weighted by atomic mass is 10.1. The van der Waals surface area contributed by atoms with Gasteiger partial charge in [-0.2, -0.15) is 0 Å². The second kappa shape index (κ2) is 4.76. The van der Waals surface area contributed by atoms with Crippen molar-refractivity contribution in [3.63, 3.8) is 0 Å². The minimum absolute atomic E-state index is 0.0905. The van der Waals surface area contributed by atoms with Crippen LogP contribution in [-0.2, 0) is 11.3 Å². The first-order valence-electron chi connectivity index (χ1n) is 4.96. The molecular weight excluding hydrogens is 206 g/mol. The Kier molecular flexibility index (Phi) is 3.16. The molecule has 16 heavy (non-hydrogen) atoms. The SMILES string of the molecule is COC1=CC/C(=C/n2cc(CO)nn2)C=C1. The summed E-state index contributed by atoms with van der Waals surface area (Å²) in [6.45, 7) is -0.0905. The third-order valence-corrected chi connectivity index (χ3v) is 2.25. The number of hydrogen-bond donors (Lipinski definition) is 1. The number of aliphatic hydroxyl groups excluding tert-OH is 1. The molecule has 0 saturated heterocycles. The Balaban J connectivity index is 2.09. The normalized spacial score (nSPS) is 17.6. The van der Waals surface area contributed by atoms with E-state index in [1.807, 2.05) is 24.4 Å². The van der Waals surface area contributed by atoms with Gasteiger partial charge in [-0.25, -0.2) is 4.68 Å². The summed E-state index contributed by atoms with van der Waals surface area (Å²) in [5, 5.41) is 16.5. The average Bonchev–Trinajstić information content (AvgIpc) is 2.78. The van der Waals surface area contributed by atoms with Gasteiger partial charge in [0.2, 0.25) is 0 Å². The van der Waals surface area contributed by atoms with Gasteiger partial charge in [0.05, 0.1) is 19.9 Å². The number of hydrogen-bond acceptors (Lipinski definition) is 4. The van der Waals surface area contributed by atoms with E-state index in [9.17, 15) is 0 Å². The number of nitrogens with zero attached hydrogens (tertiary/aromatic N) is 3. The van der Waals surface area contributed by atoms with Crippen LogP contribution in [-0.4, -0.2) is 27.2 Å². The minimum Gasteiger partial charge on any atom is -0.497 e. The van der Waals surface area contributed by atoms with E-state index >= 15 is 0 Å². The summed E-state index contributed by atoms with van der Waals surface area (Å²) < 4.78 is 6.68. The van der Waals surface area contributed by atoms with E-state index in [2.05, 4.69) is 10.3 Å². The van der Waals surface area contributed by atoms with Gasteiger partial charge in [-0.3, -0.25) is 0 Å². The van der Waals surface area contributed by atoms with E-state index in [0.29, 0.717) is 5.69 Å². The molecular formula is C11H13N3O2. The number of rotatable bonds is 3. The van der Waals surface area contributed by atoms with Crippen LogP contribution in [0.2, 0.25) is 0 Å². The number of aliphatic hydroxyl groups is 1. The lowest BCUT2D eigenvalue weighted by Gasteiger charge is -2.07. The summed E-state index contributed by atoms with van der Waals surface area (Å²) in [5.41, 5.74) is 1.67. The Hall–Kier alpha value is -1.88. The van der Waals surface area contributed by atoms with Crippen molar-refractivity contribution in [1.29, 1.82) is 0 Å². The Bertz CT molecular complexity index is 458. The zero-order valence-corrected chi connectivity index (χ0v) is 9.00. The van der Waals surface area contributed by atoms with E-state index in [0.717, 1.165) is 17.8 Å². The molecule has 5 heteroatoms. The predicted octanol–water partition coefficient (Wildman–Crippen LogP) is 1.10. The molecule has 84 valence electrons. The van der Waals surface area contributed by atoms with Crippen LogP contribution >= 0.6 is 0 Å². The van der Waals surface area contributed by atoms with Crippen LogP contribution in [0.5, 0.6) is 0 Å². The van der Waals surface area contributed by atoms with Crippen molar-refractivity contribution >= 4 is 6.20 Å². The van der Waals surface area contributed by atoms with Gasteiger partial charge in [0.1, 0.15) is 11.5 Å².